The molecule has 0 saturated heterocycles. The molecule has 0 rings (SSSR count). The molecule has 0 aromatic carbocycles. The zero-order chi connectivity index (χ0) is 21.2. The fourth-order valence-corrected chi connectivity index (χ4v) is 1.80. The lowest BCUT2D eigenvalue weighted by atomic mass is 9.91. The number of halogens is 13. The van der Waals surface area contributed by atoms with Crippen LogP contribution < -0.4 is 5.73 Å². The van der Waals surface area contributed by atoms with Crippen LogP contribution in [0.5, 0.6) is 0 Å². The Labute approximate surface area is 138 Å². The molecule has 0 aromatic rings. The molecule has 0 amide bonds. The maximum Gasteiger partial charge on any atom is 0.460 e. The molecule has 0 aliphatic heterocycles. The number of nitrogens with two attached hydrogens (primary N) is 1. The summed E-state index contributed by atoms with van der Waals surface area (Å²) in [6, 6.07) is 0. The largest absolute Gasteiger partial charge is 0.460 e. The van der Waals surface area contributed by atoms with Crippen molar-refractivity contribution >= 4 is 0 Å². The Bertz CT molecular complexity index is 455. The Morgan fingerprint density at radius 2 is 0.846 bits per heavy atom. The van der Waals surface area contributed by atoms with E-state index in [0.717, 1.165) is 0 Å². The van der Waals surface area contributed by atoms with Crippen LogP contribution >= 0.6 is 0 Å². The number of hydrogen-bond acceptors (Lipinski definition) is 1. The maximum atomic E-state index is 13.3. The first-order valence-corrected chi connectivity index (χ1v) is 6.97. The van der Waals surface area contributed by atoms with Crippen molar-refractivity contribution < 1.29 is 57.1 Å². The first-order chi connectivity index (χ1) is 11.3. The molecule has 0 fully saturated rings. The summed E-state index contributed by atoms with van der Waals surface area (Å²) in [6.07, 6.45) is -10.3. The van der Waals surface area contributed by atoms with Crippen LogP contribution in [0.2, 0.25) is 0 Å². The van der Waals surface area contributed by atoms with E-state index in [1.54, 1.807) is 0 Å². The van der Waals surface area contributed by atoms with E-state index in [9.17, 15) is 57.1 Å². The second kappa shape index (κ2) is 7.58. The molecular weight excluding hydrogens is 405 g/mol. The summed E-state index contributed by atoms with van der Waals surface area (Å²) in [6.45, 7) is 0.0867. The standard InChI is InChI=1S/C12H14F13N/c13-7(14,5-3-1-2-4-6-26)8(15,16)9(17,18)10(19,20)11(21,22)12(23,24)25/h1-6,26H2. The van der Waals surface area contributed by atoms with Crippen molar-refractivity contribution in [1.29, 1.82) is 0 Å². The Morgan fingerprint density at radius 3 is 1.23 bits per heavy atom. The average Bonchev–Trinajstić information content (AvgIpc) is 2.44. The summed E-state index contributed by atoms with van der Waals surface area (Å²) in [5.74, 6) is -36.3. The molecule has 14 heteroatoms. The fraction of sp³-hybridized carbons (Fsp3) is 1.00. The Morgan fingerprint density at radius 1 is 0.462 bits per heavy atom. The minimum absolute atomic E-state index is 0.0867. The Balaban J connectivity index is 5.64. The van der Waals surface area contributed by atoms with Gasteiger partial charge in [0.05, 0.1) is 0 Å². The summed E-state index contributed by atoms with van der Waals surface area (Å²) >= 11 is 0. The molecule has 0 bridgehead atoms. The molecule has 0 saturated carbocycles. The van der Waals surface area contributed by atoms with Gasteiger partial charge in [-0.25, -0.2) is 0 Å². The van der Waals surface area contributed by atoms with E-state index in [2.05, 4.69) is 0 Å². The zero-order valence-electron chi connectivity index (χ0n) is 12.7. The fourth-order valence-electron chi connectivity index (χ4n) is 1.80. The number of alkyl halides is 13. The predicted molar refractivity (Wildman–Crippen MR) is 62.9 cm³/mol. The van der Waals surface area contributed by atoms with Gasteiger partial charge in [0.2, 0.25) is 0 Å². The lowest BCUT2D eigenvalue weighted by Crippen LogP contribution is -2.70. The summed E-state index contributed by atoms with van der Waals surface area (Å²) in [7, 11) is 0. The molecule has 0 radical (unpaired) electrons. The normalized spacial score (nSPS) is 15.5. The van der Waals surface area contributed by atoms with Crippen molar-refractivity contribution in [3.8, 4) is 0 Å². The molecule has 0 heterocycles. The molecule has 0 aromatic heterocycles. The average molecular weight is 419 g/mol. The van der Waals surface area contributed by atoms with Crippen LogP contribution in [0.25, 0.3) is 0 Å². The van der Waals surface area contributed by atoms with Gasteiger partial charge < -0.3 is 5.73 Å². The lowest BCUT2D eigenvalue weighted by Gasteiger charge is -2.39. The van der Waals surface area contributed by atoms with E-state index in [-0.39, 0.29) is 25.8 Å². The summed E-state index contributed by atoms with van der Waals surface area (Å²) < 4.78 is 166. The first-order valence-electron chi connectivity index (χ1n) is 6.97. The van der Waals surface area contributed by atoms with Crippen LogP contribution in [-0.2, 0) is 0 Å². The van der Waals surface area contributed by atoms with Crippen molar-refractivity contribution in [2.75, 3.05) is 6.54 Å². The number of rotatable bonds is 10. The highest BCUT2D eigenvalue weighted by Gasteiger charge is 2.90. The van der Waals surface area contributed by atoms with Crippen LogP contribution in [0.3, 0.4) is 0 Å². The molecule has 158 valence electrons. The Kier molecular flexibility index (Phi) is 7.31. The predicted octanol–water partition coefficient (Wildman–Crippen LogP) is 5.63. The van der Waals surface area contributed by atoms with Crippen LogP contribution in [0.15, 0.2) is 0 Å². The molecule has 2 N–H and O–H groups in total. The molecule has 0 spiro atoms. The van der Waals surface area contributed by atoms with Gasteiger partial charge in [0.25, 0.3) is 0 Å². The molecular formula is C12H14F13N. The highest BCUT2D eigenvalue weighted by Crippen LogP contribution is 2.60. The third-order valence-electron chi connectivity index (χ3n) is 3.44. The van der Waals surface area contributed by atoms with Gasteiger partial charge in [-0.1, -0.05) is 12.8 Å². The molecule has 26 heavy (non-hydrogen) atoms. The van der Waals surface area contributed by atoms with Crippen LogP contribution in [-0.4, -0.2) is 42.3 Å². The summed E-state index contributed by atoms with van der Waals surface area (Å²) in [5, 5.41) is 0. The van der Waals surface area contributed by atoms with Crippen LogP contribution in [0.1, 0.15) is 32.1 Å². The second-order valence-electron chi connectivity index (χ2n) is 5.45. The van der Waals surface area contributed by atoms with Crippen molar-refractivity contribution in [2.24, 2.45) is 5.73 Å². The first kappa shape index (κ1) is 25.1. The highest BCUT2D eigenvalue weighted by molar-refractivity contribution is 5.10. The van der Waals surface area contributed by atoms with E-state index in [0.29, 0.717) is 0 Å². The third-order valence-corrected chi connectivity index (χ3v) is 3.44. The lowest BCUT2D eigenvalue weighted by molar-refractivity contribution is -0.440. The molecule has 0 aliphatic rings. The Hall–Kier alpha value is -0.950. The van der Waals surface area contributed by atoms with Crippen LogP contribution in [0, 0.1) is 0 Å². The molecule has 0 aliphatic carbocycles. The van der Waals surface area contributed by atoms with E-state index in [1.165, 1.54) is 0 Å². The van der Waals surface area contributed by atoms with E-state index in [1.807, 2.05) is 0 Å². The number of unbranched alkanes of at least 4 members (excludes halogenated alkanes) is 3. The highest BCUT2D eigenvalue weighted by atomic mass is 19.4. The van der Waals surface area contributed by atoms with Gasteiger partial charge in [0.15, 0.2) is 0 Å². The quantitative estimate of drug-likeness (QED) is 0.360. The van der Waals surface area contributed by atoms with Crippen molar-refractivity contribution in [3.05, 3.63) is 0 Å². The van der Waals surface area contributed by atoms with E-state index < -0.39 is 48.6 Å². The summed E-state index contributed by atoms with van der Waals surface area (Å²) in [5.41, 5.74) is 5.03. The maximum absolute atomic E-state index is 13.3. The zero-order valence-corrected chi connectivity index (χ0v) is 12.7. The topological polar surface area (TPSA) is 26.0 Å². The van der Waals surface area contributed by atoms with Gasteiger partial charge >= 0.3 is 35.8 Å². The van der Waals surface area contributed by atoms with Gasteiger partial charge in [0, 0.05) is 6.42 Å². The van der Waals surface area contributed by atoms with Gasteiger partial charge in [-0.15, -0.1) is 0 Å². The van der Waals surface area contributed by atoms with Gasteiger partial charge in [-0.05, 0) is 19.4 Å². The van der Waals surface area contributed by atoms with E-state index >= 15 is 0 Å². The minimum atomic E-state index is -7.83. The van der Waals surface area contributed by atoms with Crippen molar-refractivity contribution in [2.45, 2.75) is 67.9 Å². The number of hydrogen-bond donors (Lipinski definition) is 1. The van der Waals surface area contributed by atoms with Gasteiger partial charge in [0.1, 0.15) is 0 Å². The molecule has 0 unspecified atom stereocenters. The minimum Gasteiger partial charge on any atom is -0.330 e. The van der Waals surface area contributed by atoms with Crippen LogP contribution in [0.4, 0.5) is 57.1 Å². The molecule has 0 atom stereocenters. The summed E-state index contributed by atoms with van der Waals surface area (Å²) in [4.78, 5) is 0. The molecule has 1 nitrogen and oxygen atoms in total. The van der Waals surface area contributed by atoms with Gasteiger partial charge in [-0.3, -0.25) is 0 Å². The SMILES string of the molecule is NCCCCCCC(F)(F)C(F)(F)C(F)(F)C(F)(F)C(F)(F)C(F)(F)F. The van der Waals surface area contributed by atoms with E-state index in [4.69, 9.17) is 5.73 Å². The third kappa shape index (κ3) is 4.14. The smallest absolute Gasteiger partial charge is 0.330 e. The van der Waals surface area contributed by atoms with Crippen molar-refractivity contribution in [1.82, 2.24) is 0 Å². The van der Waals surface area contributed by atoms with Gasteiger partial charge in [-0.2, -0.15) is 57.1 Å². The monoisotopic (exact) mass is 419 g/mol. The van der Waals surface area contributed by atoms with Crippen molar-refractivity contribution in [3.63, 3.8) is 0 Å². The second-order valence-corrected chi connectivity index (χ2v) is 5.45.